The van der Waals surface area contributed by atoms with Crippen LogP contribution in [-0.2, 0) is 9.53 Å². The Morgan fingerprint density at radius 2 is 1.80 bits per heavy atom. The van der Waals surface area contributed by atoms with Crippen molar-refractivity contribution in [2.75, 3.05) is 80.5 Å². The number of halogens is 1. The number of aromatic amines is 1. The minimum absolute atomic E-state index is 0. The highest BCUT2D eigenvalue weighted by Crippen LogP contribution is 2.30. The number of ether oxygens (including phenoxy) is 1. The van der Waals surface area contributed by atoms with E-state index in [0.717, 1.165) is 46.9 Å². The van der Waals surface area contributed by atoms with Crippen molar-refractivity contribution in [2.45, 2.75) is 6.04 Å². The first-order chi connectivity index (χ1) is 21.4. The van der Waals surface area contributed by atoms with Gasteiger partial charge in [-0.25, -0.2) is 19.7 Å². The van der Waals surface area contributed by atoms with Crippen LogP contribution in [0.5, 0.6) is 0 Å². The molecule has 2 aliphatic rings. The second-order valence-electron chi connectivity index (χ2n) is 11.1. The molecule has 0 aliphatic carbocycles. The van der Waals surface area contributed by atoms with Crippen LogP contribution in [0.4, 0.5) is 27.8 Å². The van der Waals surface area contributed by atoms with Gasteiger partial charge in [0.2, 0.25) is 5.91 Å². The summed E-state index contributed by atoms with van der Waals surface area (Å²) in [6.07, 6.45) is 6.65. The molecule has 6 rings (SSSR count). The smallest absolute Gasteiger partial charge is 0.324 e. The molecule has 1 aromatic carbocycles. The maximum Gasteiger partial charge on any atom is 0.324 e. The van der Waals surface area contributed by atoms with Gasteiger partial charge in [0.05, 0.1) is 24.6 Å². The zero-order valence-electron chi connectivity index (χ0n) is 25.2. The van der Waals surface area contributed by atoms with Crippen molar-refractivity contribution in [2.24, 2.45) is 0 Å². The topological polar surface area (TPSA) is 144 Å². The van der Waals surface area contributed by atoms with Crippen LogP contribution in [0.2, 0.25) is 0 Å². The SMILES string of the molecule is CN(C)C/C=C/C(=O)NC1CN(c2ccnc(NC(=O)Nc3ccc(-c4cc5c(N6CCOCC6)ncnc5[nH]4)cc3)c2)C1.Cl. The van der Waals surface area contributed by atoms with Crippen LogP contribution in [0.25, 0.3) is 22.3 Å². The van der Waals surface area contributed by atoms with Gasteiger partial charge in [0.25, 0.3) is 0 Å². The van der Waals surface area contributed by atoms with Crippen molar-refractivity contribution in [1.82, 2.24) is 30.2 Å². The van der Waals surface area contributed by atoms with Crippen molar-refractivity contribution in [3.05, 3.63) is 67.1 Å². The third-order valence-electron chi connectivity index (χ3n) is 7.49. The lowest BCUT2D eigenvalue weighted by Gasteiger charge is -2.41. The number of anilines is 4. The number of fused-ring (bicyclic) bond motifs is 1. The van der Waals surface area contributed by atoms with Gasteiger partial charge in [0.15, 0.2) is 0 Å². The minimum Gasteiger partial charge on any atom is -0.378 e. The summed E-state index contributed by atoms with van der Waals surface area (Å²) in [6.45, 7) is 5.04. The van der Waals surface area contributed by atoms with E-state index < -0.39 is 6.03 Å². The number of benzene rings is 1. The summed E-state index contributed by atoms with van der Waals surface area (Å²) in [5.41, 5.74) is 4.23. The van der Waals surface area contributed by atoms with Gasteiger partial charge in [-0.05, 0) is 43.9 Å². The summed E-state index contributed by atoms with van der Waals surface area (Å²) >= 11 is 0. The number of hydrogen-bond acceptors (Lipinski definition) is 9. The number of pyridine rings is 1. The lowest BCUT2D eigenvalue weighted by Crippen LogP contribution is -2.59. The van der Waals surface area contributed by atoms with E-state index in [-0.39, 0.29) is 24.4 Å². The normalized spacial score (nSPS) is 15.2. The molecular weight excluding hydrogens is 596 g/mol. The van der Waals surface area contributed by atoms with Gasteiger partial charge in [0.1, 0.15) is 23.6 Å². The predicted molar refractivity (Wildman–Crippen MR) is 178 cm³/mol. The van der Waals surface area contributed by atoms with Gasteiger partial charge in [-0.2, -0.15) is 0 Å². The molecule has 0 unspecified atom stereocenters. The Bertz CT molecular complexity index is 1650. The quantitative estimate of drug-likeness (QED) is 0.204. The molecule has 4 N–H and O–H groups in total. The van der Waals surface area contributed by atoms with Crippen LogP contribution in [-0.4, -0.2) is 103 Å². The fourth-order valence-electron chi connectivity index (χ4n) is 5.21. The average molecular weight is 633 g/mol. The lowest BCUT2D eigenvalue weighted by molar-refractivity contribution is -0.117. The number of morpholine rings is 1. The summed E-state index contributed by atoms with van der Waals surface area (Å²) in [4.78, 5) is 47.8. The second-order valence-corrected chi connectivity index (χ2v) is 11.1. The largest absolute Gasteiger partial charge is 0.378 e. The van der Waals surface area contributed by atoms with Gasteiger partial charge in [0, 0.05) is 68.1 Å². The number of hydrogen-bond donors (Lipinski definition) is 4. The summed E-state index contributed by atoms with van der Waals surface area (Å²) < 4.78 is 5.48. The van der Waals surface area contributed by atoms with Crippen molar-refractivity contribution in [3.8, 4) is 11.3 Å². The van der Waals surface area contributed by atoms with Gasteiger partial charge in [-0.1, -0.05) is 18.2 Å². The number of rotatable bonds is 9. The van der Waals surface area contributed by atoms with Crippen LogP contribution in [0.3, 0.4) is 0 Å². The number of nitrogens with zero attached hydrogens (tertiary/aromatic N) is 6. The molecule has 45 heavy (non-hydrogen) atoms. The van der Waals surface area contributed by atoms with Gasteiger partial charge < -0.3 is 35.1 Å². The molecule has 5 heterocycles. The Kier molecular flexibility index (Phi) is 10.1. The molecule has 3 aromatic heterocycles. The summed E-state index contributed by atoms with van der Waals surface area (Å²) in [5.74, 6) is 1.25. The Labute approximate surface area is 267 Å². The van der Waals surface area contributed by atoms with Crippen molar-refractivity contribution < 1.29 is 14.3 Å². The molecule has 236 valence electrons. The second kappa shape index (κ2) is 14.4. The van der Waals surface area contributed by atoms with Crippen LogP contribution in [0.1, 0.15) is 0 Å². The standard InChI is InChI=1S/C31H36N10O3.ClH/c1-39(2)11-3-4-28(42)35-23-18-41(19-23)24-9-10-32-27(16-24)38-31(43)36-22-7-5-21(6-8-22)26-17-25-29(37-26)33-20-34-30(25)40-12-14-44-15-13-40;/h3-10,16-17,20,23H,11-15,18-19H2,1-2H3,(H,35,42)(H,33,34,37)(H2,32,36,38,43);1H/b4-3+;. The number of aromatic nitrogens is 4. The van der Waals surface area contributed by atoms with Gasteiger partial charge in [-0.3, -0.25) is 10.1 Å². The molecule has 14 heteroatoms. The van der Waals surface area contributed by atoms with Crippen LogP contribution < -0.4 is 25.8 Å². The Morgan fingerprint density at radius 3 is 2.56 bits per heavy atom. The first-order valence-electron chi connectivity index (χ1n) is 14.6. The lowest BCUT2D eigenvalue weighted by atomic mass is 10.1. The number of urea groups is 1. The monoisotopic (exact) mass is 632 g/mol. The summed E-state index contributed by atoms with van der Waals surface area (Å²) in [5, 5.41) is 9.64. The van der Waals surface area contributed by atoms with Gasteiger partial charge in [-0.15, -0.1) is 12.4 Å². The predicted octanol–water partition coefficient (Wildman–Crippen LogP) is 3.34. The molecule has 0 atom stereocenters. The summed E-state index contributed by atoms with van der Waals surface area (Å²) in [6, 6.07) is 13.0. The van der Waals surface area contributed by atoms with E-state index >= 15 is 0 Å². The Balaban J connectivity index is 0.00000400. The van der Waals surface area contributed by atoms with Crippen LogP contribution >= 0.6 is 12.4 Å². The molecule has 0 saturated carbocycles. The van der Waals surface area contributed by atoms with E-state index in [2.05, 4.69) is 51.8 Å². The molecule has 2 saturated heterocycles. The van der Waals surface area contributed by atoms with E-state index in [1.54, 1.807) is 18.6 Å². The highest BCUT2D eigenvalue weighted by Gasteiger charge is 2.28. The van der Waals surface area contributed by atoms with E-state index in [0.29, 0.717) is 44.4 Å². The zero-order chi connectivity index (χ0) is 30.5. The van der Waals surface area contributed by atoms with E-state index in [1.807, 2.05) is 61.5 Å². The number of carbonyl (C=O) groups is 2. The fraction of sp³-hybridized carbons (Fsp3) is 0.323. The molecule has 0 bridgehead atoms. The van der Waals surface area contributed by atoms with Crippen LogP contribution in [0.15, 0.2) is 67.1 Å². The Hall–Kier alpha value is -4.72. The molecule has 0 radical (unpaired) electrons. The molecule has 2 fully saturated rings. The maximum atomic E-state index is 12.7. The zero-order valence-corrected chi connectivity index (χ0v) is 26.0. The van der Waals surface area contributed by atoms with E-state index in [4.69, 9.17) is 4.74 Å². The third kappa shape index (κ3) is 7.87. The average Bonchev–Trinajstić information content (AvgIpc) is 3.44. The first kappa shape index (κ1) is 31.7. The Morgan fingerprint density at radius 1 is 1.02 bits per heavy atom. The van der Waals surface area contributed by atoms with E-state index in [1.165, 1.54) is 0 Å². The van der Waals surface area contributed by atoms with Crippen LogP contribution in [0, 0.1) is 0 Å². The number of likely N-dealkylation sites (N-methyl/N-ethyl adjacent to an activating group) is 1. The van der Waals surface area contributed by atoms with Gasteiger partial charge >= 0.3 is 6.03 Å². The number of amides is 3. The van der Waals surface area contributed by atoms with Crippen molar-refractivity contribution in [1.29, 1.82) is 0 Å². The number of carbonyl (C=O) groups excluding carboxylic acids is 2. The highest BCUT2D eigenvalue weighted by molar-refractivity contribution is 5.99. The van der Waals surface area contributed by atoms with E-state index in [9.17, 15) is 9.59 Å². The third-order valence-corrected chi connectivity index (χ3v) is 7.49. The van der Waals surface area contributed by atoms with Crippen molar-refractivity contribution >= 4 is 58.4 Å². The number of nitrogens with one attached hydrogen (secondary N) is 4. The molecule has 13 nitrogen and oxygen atoms in total. The molecule has 0 spiro atoms. The molecular formula is C31H37ClN10O3. The van der Waals surface area contributed by atoms with Crippen molar-refractivity contribution in [3.63, 3.8) is 0 Å². The fourth-order valence-corrected chi connectivity index (χ4v) is 5.21. The highest BCUT2D eigenvalue weighted by atomic mass is 35.5. The first-order valence-corrected chi connectivity index (χ1v) is 14.6. The minimum atomic E-state index is -0.392. The molecule has 2 aliphatic heterocycles. The molecule has 4 aromatic rings. The number of H-pyrrole nitrogens is 1. The summed E-state index contributed by atoms with van der Waals surface area (Å²) in [7, 11) is 3.91. The molecule has 3 amide bonds. The maximum absolute atomic E-state index is 12.7.